The number of piperidine rings is 1. The van der Waals surface area contributed by atoms with E-state index in [9.17, 15) is 9.59 Å². The molecule has 0 aromatic heterocycles. The van der Waals surface area contributed by atoms with Gasteiger partial charge in [-0.05, 0) is 39.2 Å². The maximum atomic E-state index is 12.5. The number of hydrogen-bond acceptors (Lipinski definition) is 5. The minimum absolute atomic E-state index is 0.138. The van der Waals surface area contributed by atoms with E-state index in [4.69, 9.17) is 9.47 Å². The van der Waals surface area contributed by atoms with E-state index in [-0.39, 0.29) is 23.4 Å². The van der Waals surface area contributed by atoms with Crippen molar-refractivity contribution < 1.29 is 19.1 Å². The number of ether oxygens (including phenoxy) is 2. The van der Waals surface area contributed by atoms with E-state index in [2.05, 4.69) is 17.0 Å². The summed E-state index contributed by atoms with van der Waals surface area (Å²) in [5, 5.41) is 0. The van der Waals surface area contributed by atoms with Crippen molar-refractivity contribution in [2.45, 2.75) is 45.8 Å². The molecule has 1 atom stereocenters. The van der Waals surface area contributed by atoms with Crippen LogP contribution in [0.5, 0.6) is 0 Å². The molecule has 1 spiro atoms. The third kappa shape index (κ3) is 4.66. The summed E-state index contributed by atoms with van der Waals surface area (Å²) in [5.74, 6) is -0.289. The van der Waals surface area contributed by atoms with Crippen LogP contribution in [0.25, 0.3) is 0 Å². The summed E-state index contributed by atoms with van der Waals surface area (Å²) in [6.07, 6.45) is 1.31. The lowest BCUT2D eigenvalue weighted by Gasteiger charge is -2.41. The fourth-order valence-corrected chi connectivity index (χ4v) is 4.47. The number of esters is 1. The van der Waals surface area contributed by atoms with Crippen LogP contribution < -0.4 is 0 Å². The Morgan fingerprint density at radius 2 is 1.79 bits per heavy atom. The first kappa shape index (κ1) is 20.6. The summed E-state index contributed by atoms with van der Waals surface area (Å²) in [6, 6.07) is 10.3. The molecule has 154 valence electrons. The van der Waals surface area contributed by atoms with Crippen molar-refractivity contribution in [1.82, 2.24) is 9.80 Å². The lowest BCUT2D eigenvalue weighted by atomic mass is 9.71. The van der Waals surface area contributed by atoms with E-state index in [1.807, 2.05) is 39.0 Å². The highest BCUT2D eigenvalue weighted by Crippen LogP contribution is 2.45. The molecule has 1 aromatic rings. The number of methoxy groups -OCH3 is 1. The molecule has 1 aromatic carbocycles. The predicted octanol–water partition coefficient (Wildman–Crippen LogP) is 3.31. The van der Waals surface area contributed by atoms with Gasteiger partial charge in [0.05, 0.1) is 13.0 Å². The minimum atomic E-state index is -0.499. The van der Waals surface area contributed by atoms with Crippen LogP contribution in [0, 0.1) is 11.3 Å². The number of rotatable bonds is 3. The standard InChI is InChI=1S/C22H32N2O4/c1-21(2,3)28-20(26)24-12-10-22(11-13-24)16-23(15-18(22)19(25)27-4)14-17-8-6-5-7-9-17/h5-9,18H,10-16H2,1-4H3/t18-/m0/s1. The molecule has 6 heteroatoms. The van der Waals surface area contributed by atoms with Crippen LogP contribution >= 0.6 is 0 Å². The van der Waals surface area contributed by atoms with Crippen molar-refractivity contribution in [3.05, 3.63) is 35.9 Å². The Balaban J connectivity index is 1.68. The molecule has 2 aliphatic rings. The second-order valence-electron chi connectivity index (χ2n) is 9.06. The van der Waals surface area contributed by atoms with Crippen LogP contribution in [0.3, 0.4) is 0 Å². The summed E-state index contributed by atoms with van der Waals surface area (Å²) >= 11 is 0. The SMILES string of the molecule is COC(=O)[C@@H]1CN(Cc2ccccc2)CC12CCN(C(=O)OC(C)(C)C)CC2. The Morgan fingerprint density at radius 3 is 2.36 bits per heavy atom. The Kier molecular flexibility index (Phi) is 5.98. The van der Waals surface area contributed by atoms with Gasteiger partial charge in [-0.1, -0.05) is 30.3 Å². The summed E-state index contributed by atoms with van der Waals surface area (Å²) in [7, 11) is 1.46. The Labute approximate surface area is 167 Å². The average molecular weight is 389 g/mol. The van der Waals surface area contributed by atoms with Gasteiger partial charge in [0.2, 0.25) is 0 Å². The maximum Gasteiger partial charge on any atom is 0.410 e. The van der Waals surface area contributed by atoms with Crippen LogP contribution in [0.15, 0.2) is 30.3 Å². The Morgan fingerprint density at radius 1 is 1.14 bits per heavy atom. The Bertz CT molecular complexity index is 690. The van der Waals surface area contributed by atoms with Crippen molar-refractivity contribution >= 4 is 12.1 Å². The molecule has 2 fully saturated rings. The fraction of sp³-hybridized carbons (Fsp3) is 0.636. The molecule has 0 radical (unpaired) electrons. The van der Waals surface area contributed by atoms with Crippen LogP contribution in [-0.2, 0) is 20.8 Å². The highest BCUT2D eigenvalue weighted by molar-refractivity contribution is 5.74. The molecule has 3 rings (SSSR count). The first-order valence-corrected chi connectivity index (χ1v) is 10.0. The van der Waals surface area contributed by atoms with Gasteiger partial charge in [0.15, 0.2) is 0 Å². The molecule has 0 N–H and O–H groups in total. The highest BCUT2D eigenvalue weighted by atomic mass is 16.6. The summed E-state index contributed by atoms with van der Waals surface area (Å²) < 4.78 is 10.6. The third-order valence-electron chi connectivity index (χ3n) is 5.86. The number of benzene rings is 1. The molecule has 2 aliphatic heterocycles. The molecule has 2 saturated heterocycles. The Hall–Kier alpha value is -2.08. The maximum absolute atomic E-state index is 12.5. The fourth-order valence-electron chi connectivity index (χ4n) is 4.47. The first-order chi connectivity index (χ1) is 13.2. The zero-order valence-electron chi connectivity index (χ0n) is 17.4. The molecule has 0 unspecified atom stereocenters. The van der Waals surface area contributed by atoms with E-state index in [0.717, 1.165) is 25.9 Å². The normalized spacial score (nSPS) is 22.3. The molecular weight excluding hydrogens is 356 g/mol. The van der Waals surface area contributed by atoms with Crippen molar-refractivity contribution in [2.24, 2.45) is 11.3 Å². The topological polar surface area (TPSA) is 59.1 Å². The third-order valence-corrected chi connectivity index (χ3v) is 5.86. The molecule has 2 heterocycles. The highest BCUT2D eigenvalue weighted by Gasteiger charge is 2.52. The van der Waals surface area contributed by atoms with Crippen LogP contribution in [-0.4, -0.2) is 60.8 Å². The molecule has 0 saturated carbocycles. The second-order valence-corrected chi connectivity index (χ2v) is 9.06. The smallest absolute Gasteiger partial charge is 0.410 e. The number of carbonyl (C=O) groups excluding carboxylic acids is 2. The van der Waals surface area contributed by atoms with E-state index in [0.29, 0.717) is 19.6 Å². The molecule has 0 aliphatic carbocycles. The van der Waals surface area contributed by atoms with Gasteiger partial charge in [0.1, 0.15) is 5.60 Å². The zero-order valence-corrected chi connectivity index (χ0v) is 17.4. The van der Waals surface area contributed by atoms with Crippen molar-refractivity contribution in [3.8, 4) is 0 Å². The van der Waals surface area contributed by atoms with Crippen LogP contribution in [0.2, 0.25) is 0 Å². The summed E-state index contributed by atoms with van der Waals surface area (Å²) in [4.78, 5) is 29.0. The number of carbonyl (C=O) groups is 2. The van der Waals surface area contributed by atoms with Gasteiger partial charge in [-0.25, -0.2) is 4.79 Å². The van der Waals surface area contributed by atoms with Crippen LogP contribution in [0.1, 0.15) is 39.2 Å². The number of hydrogen-bond donors (Lipinski definition) is 0. The van der Waals surface area contributed by atoms with Gasteiger partial charge in [-0.3, -0.25) is 9.69 Å². The van der Waals surface area contributed by atoms with E-state index >= 15 is 0 Å². The number of nitrogens with zero attached hydrogens (tertiary/aromatic N) is 2. The monoisotopic (exact) mass is 388 g/mol. The quantitative estimate of drug-likeness (QED) is 0.744. The van der Waals surface area contributed by atoms with Gasteiger partial charge >= 0.3 is 12.1 Å². The minimum Gasteiger partial charge on any atom is -0.469 e. The predicted molar refractivity (Wildman–Crippen MR) is 107 cm³/mol. The number of amides is 1. The molecule has 0 bridgehead atoms. The van der Waals surface area contributed by atoms with Crippen molar-refractivity contribution in [1.29, 1.82) is 0 Å². The largest absolute Gasteiger partial charge is 0.469 e. The molecular formula is C22H32N2O4. The average Bonchev–Trinajstić information content (AvgIpc) is 2.98. The lowest BCUT2D eigenvalue weighted by Crippen LogP contribution is -2.49. The van der Waals surface area contributed by atoms with Gasteiger partial charge in [0, 0.05) is 38.1 Å². The van der Waals surface area contributed by atoms with Crippen molar-refractivity contribution in [3.63, 3.8) is 0 Å². The summed E-state index contributed by atoms with van der Waals surface area (Å²) in [6.45, 7) is 9.24. The van der Waals surface area contributed by atoms with E-state index < -0.39 is 5.60 Å². The zero-order chi connectivity index (χ0) is 20.4. The lowest BCUT2D eigenvalue weighted by molar-refractivity contribution is -0.149. The van der Waals surface area contributed by atoms with Crippen molar-refractivity contribution in [2.75, 3.05) is 33.3 Å². The van der Waals surface area contributed by atoms with E-state index in [1.54, 1.807) is 4.90 Å². The van der Waals surface area contributed by atoms with Gasteiger partial charge < -0.3 is 14.4 Å². The summed E-state index contributed by atoms with van der Waals surface area (Å²) in [5.41, 5.74) is 0.607. The van der Waals surface area contributed by atoms with Gasteiger partial charge in [-0.2, -0.15) is 0 Å². The molecule has 1 amide bonds. The van der Waals surface area contributed by atoms with Gasteiger partial charge in [-0.15, -0.1) is 0 Å². The van der Waals surface area contributed by atoms with E-state index in [1.165, 1.54) is 12.7 Å². The first-order valence-electron chi connectivity index (χ1n) is 10.0. The number of likely N-dealkylation sites (tertiary alicyclic amines) is 2. The van der Waals surface area contributed by atoms with Crippen LogP contribution in [0.4, 0.5) is 4.79 Å². The van der Waals surface area contributed by atoms with Gasteiger partial charge in [0.25, 0.3) is 0 Å². The second kappa shape index (κ2) is 8.11. The molecule has 28 heavy (non-hydrogen) atoms. The molecule has 6 nitrogen and oxygen atoms in total.